The predicted molar refractivity (Wildman–Crippen MR) is 81.9 cm³/mol. The van der Waals surface area contributed by atoms with E-state index in [0.29, 0.717) is 6.04 Å². The van der Waals surface area contributed by atoms with Crippen LogP contribution in [0, 0.1) is 6.92 Å². The lowest BCUT2D eigenvalue weighted by Crippen LogP contribution is -2.46. The smallest absolute Gasteiger partial charge is 0.0441 e. The van der Waals surface area contributed by atoms with Gasteiger partial charge in [-0.3, -0.25) is 4.90 Å². The Morgan fingerprint density at radius 1 is 1.18 bits per heavy atom. The maximum atomic E-state index is 2.63. The molecule has 0 N–H and O–H groups in total. The highest BCUT2D eigenvalue weighted by molar-refractivity contribution is 14.1. The van der Waals surface area contributed by atoms with Gasteiger partial charge in [0.05, 0.1) is 0 Å². The lowest BCUT2D eigenvalue weighted by atomic mass is 10.0. The highest BCUT2D eigenvalue weighted by Gasteiger charge is 2.23. The van der Waals surface area contributed by atoms with Gasteiger partial charge in [-0.05, 0) is 25.1 Å². The molecule has 0 radical (unpaired) electrons. The Kier molecular flexibility index (Phi) is 4.82. The number of piperazine rings is 1. The highest BCUT2D eigenvalue weighted by atomic mass is 127. The fourth-order valence-electron chi connectivity index (χ4n) is 2.47. The zero-order chi connectivity index (χ0) is 12.3. The molecular weight excluding hydrogens is 323 g/mol. The van der Waals surface area contributed by atoms with E-state index in [1.807, 2.05) is 0 Å². The molecule has 0 aliphatic carbocycles. The zero-order valence-corrected chi connectivity index (χ0v) is 12.9. The molecule has 3 heteroatoms. The molecule has 1 aliphatic rings. The van der Waals surface area contributed by atoms with E-state index in [4.69, 9.17) is 0 Å². The van der Waals surface area contributed by atoms with Crippen molar-refractivity contribution in [2.24, 2.45) is 0 Å². The molecule has 0 aromatic heterocycles. The van der Waals surface area contributed by atoms with Crippen LogP contribution < -0.4 is 0 Å². The normalized spacial score (nSPS) is 20.4. The van der Waals surface area contributed by atoms with Crippen LogP contribution in [0.5, 0.6) is 0 Å². The van der Waals surface area contributed by atoms with Crippen LogP contribution in [-0.4, -0.2) is 47.5 Å². The molecule has 1 fully saturated rings. The summed E-state index contributed by atoms with van der Waals surface area (Å²) in [6.07, 6.45) is 0. The molecule has 94 valence electrons. The van der Waals surface area contributed by atoms with E-state index in [-0.39, 0.29) is 0 Å². The molecule has 17 heavy (non-hydrogen) atoms. The number of hydrogen-bond acceptors (Lipinski definition) is 2. The summed E-state index contributed by atoms with van der Waals surface area (Å²) < 4.78 is 1.17. The minimum absolute atomic E-state index is 0.588. The van der Waals surface area contributed by atoms with E-state index in [1.54, 1.807) is 0 Å². The molecule has 1 heterocycles. The van der Waals surface area contributed by atoms with Crippen LogP contribution in [0.25, 0.3) is 0 Å². The van der Waals surface area contributed by atoms with Crippen LogP contribution in [0.1, 0.15) is 17.2 Å². The summed E-state index contributed by atoms with van der Waals surface area (Å²) >= 11 is 2.52. The van der Waals surface area contributed by atoms with Crippen molar-refractivity contribution in [1.29, 1.82) is 0 Å². The van der Waals surface area contributed by atoms with Crippen molar-refractivity contribution in [3.8, 4) is 0 Å². The van der Waals surface area contributed by atoms with Crippen molar-refractivity contribution >= 4 is 22.6 Å². The van der Waals surface area contributed by atoms with Crippen LogP contribution in [0.15, 0.2) is 24.3 Å². The summed E-state index contributed by atoms with van der Waals surface area (Å²) in [5.41, 5.74) is 2.93. The van der Waals surface area contributed by atoms with Crippen LogP contribution in [0.4, 0.5) is 0 Å². The van der Waals surface area contributed by atoms with E-state index in [9.17, 15) is 0 Å². The summed E-state index contributed by atoms with van der Waals surface area (Å²) in [5.74, 6) is 0. The van der Waals surface area contributed by atoms with Crippen LogP contribution >= 0.6 is 22.6 Å². The monoisotopic (exact) mass is 344 g/mol. The molecule has 0 amide bonds. The number of aryl methyl sites for hydroxylation is 1. The third kappa shape index (κ3) is 3.20. The number of likely N-dealkylation sites (N-methyl/N-ethyl adjacent to an activating group) is 1. The van der Waals surface area contributed by atoms with Gasteiger partial charge in [0, 0.05) is 36.6 Å². The molecular formula is C14H21IN2. The first-order chi connectivity index (χ1) is 8.22. The van der Waals surface area contributed by atoms with Crippen LogP contribution in [0.3, 0.4) is 0 Å². The van der Waals surface area contributed by atoms with Crippen molar-refractivity contribution < 1.29 is 0 Å². The summed E-state index contributed by atoms with van der Waals surface area (Å²) in [7, 11) is 2.21. The van der Waals surface area contributed by atoms with Gasteiger partial charge in [0.1, 0.15) is 0 Å². The first kappa shape index (κ1) is 13.3. The topological polar surface area (TPSA) is 6.48 Å². The maximum absolute atomic E-state index is 2.63. The maximum Gasteiger partial charge on any atom is 0.0441 e. The van der Waals surface area contributed by atoms with Gasteiger partial charge in [-0.2, -0.15) is 0 Å². The van der Waals surface area contributed by atoms with E-state index < -0.39 is 0 Å². The number of hydrogen-bond donors (Lipinski definition) is 0. The minimum atomic E-state index is 0.588. The van der Waals surface area contributed by atoms with E-state index >= 15 is 0 Å². The second-order valence-corrected chi connectivity index (χ2v) is 5.75. The number of alkyl halides is 1. The van der Waals surface area contributed by atoms with E-state index in [1.165, 1.54) is 41.7 Å². The molecule has 1 unspecified atom stereocenters. The number of rotatable bonds is 3. The number of halogens is 1. The van der Waals surface area contributed by atoms with Gasteiger partial charge in [-0.25, -0.2) is 0 Å². The van der Waals surface area contributed by atoms with Gasteiger partial charge in [-0.1, -0.05) is 46.9 Å². The summed E-state index contributed by atoms with van der Waals surface area (Å²) in [5, 5.41) is 0. The average Bonchev–Trinajstić information content (AvgIpc) is 2.35. The molecule has 1 saturated heterocycles. The molecule has 0 bridgehead atoms. The molecule has 1 aromatic rings. The first-order valence-electron chi connectivity index (χ1n) is 6.26. The van der Waals surface area contributed by atoms with Crippen molar-refractivity contribution in [1.82, 2.24) is 9.80 Å². The molecule has 0 saturated carbocycles. The minimum Gasteiger partial charge on any atom is -0.304 e. The van der Waals surface area contributed by atoms with Gasteiger partial charge >= 0.3 is 0 Å². The fourth-order valence-corrected chi connectivity index (χ4v) is 3.50. The Balaban J connectivity index is 2.14. The van der Waals surface area contributed by atoms with Gasteiger partial charge in [0.15, 0.2) is 0 Å². The summed E-state index contributed by atoms with van der Waals surface area (Å²) in [6.45, 7) is 7.00. The van der Waals surface area contributed by atoms with Crippen molar-refractivity contribution in [3.05, 3.63) is 35.4 Å². The Morgan fingerprint density at radius 2 is 1.82 bits per heavy atom. The Hall–Kier alpha value is -0.130. The molecule has 1 atom stereocenters. The summed E-state index contributed by atoms with van der Waals surface area (Å²) in [4.78, 5) is 5.05. The standard InChI is InChI=1S/C14H21IN2/c1-12-5-3-4-6-13(12)14(11-15)17-9-7-16(2)8-10-17/h3-6,14H,7-11H2,1-2H3. The number of nitrogens with zero attached hydrogens (tertiary/aromatic N) is 2. The second-order valence-electron chi connectivity index (χ2n) is 4.87. The van der Waals surface area contributed by atoms with E-state index in [0.717, 1.165) is 0 Å². The Bertz CT molecular complexity index is 359. The van der Waals surface area contributed by atoms with Gasteiger partial charge in [-0.15, -0.1) is 0 Å². The SMILES string of the molecule is Cc1ccccc1C(CI)N1CCN(C)CC1. The van der Waals surface area contributed by atoms with Crippen molar-refractivity contribution in [2.45, 2.75) is 13.0 Å². The Labute approximate surface area is 118 Å². The molecule has 2 nitrogen and oxygen atoms in total. The molecule has 0 spiro atoms. The molecule has 2 rings (SSSR count). The van der Waals surface area contributed by atoms with Gasteiger partial charge in [0.2, 0.25) is 0 Å². The lowest BCUT2D eigenvalue weighted by molar-refractivity contribution is 0.122. The van der Waals surface area contributed by atoms with Crippen molar-refractivity contribution in [3.63, 3.8) is 0 Å². The predicted octanol–water partition coefficient (Wildman–Crippen LogP) is 2.72. The molecule has 1 aromatic carbocycles. The summed E-state index contributed by atoms with van der Waals surface area (Å²) in [6, 6.07) is 9.40. The van der Waals surface area contributed by atoms with Gasteiger partial charge < -0.3 is 4.90 Å². The third-order valence-electron chi connectivity index (χ3n) is 3.67. The van der Waals surface area contributed by atoms with Crippen molar-refractivity contribution in [2.75, 3.05) is 37.7 Å². The quantitative estimate of drug-likeness (QED) is 0.615. The van der Waals surface area contributed by atoms with Crippen LogP contribution in [0.2, 0.25) is 0 Å². The van der Waals surface area contributed by atoms with Crippen LogP contribution in [-0.2, 0) is 0 Å². The average molecular weight is 344 g/mol. The largest absolute Gasteiger partial charge is 0.304 e. The van der Waals surface area contributed by atoms with Gasteiger partial charge in [0.25, 0.3) is 0 Å². The van der Waals surface area contributed by atoms with E-state index in [2.05, 4.69) is 70.6 Å². The second kappa shape index (κ2) is 6.16. The number of benzene rings is 1. The third-order valence-corrected chi connectivity index (χ3v) is 4.51. The highest BCUT2D eigenvalue weighted by Crippen LogP contribution is 2.26. The first-order valence-corrected chi connectivity index (χ1v) is 7.79. The molecule has 1 aliphatic heterocycles. The zero-order valence-electron chi connectivity index (χ0n) is 10.7. The Morgan fingerprint density at radius 3 is 2.41 bits per heavy atom. The lowest BCUT2D eigenvalue weighted by Gasteiger charge is -2.38. The fraction of sp³-hybridized carbons (Fsp3) is 0.571.